The minimum absolute atomic E-state index is 0. The summed E-state index contributed by atoms with van der Waals surface area (Å²) in [6.45, 7) is 7.05. The average molecular weight is 506 g/mol. The van der Waals surface area contributed by atoms with Crippen molar-refractivity contribution in [2.45, 2.75) is 32.8 Å². The summed E-state index contributed by atoms with van der Waals surface area (Å²) in [6.07, 6.45) is 0. The van der Waals surface area contributed by atoms with Gasteiger partial charge in [-0.3, -0.25) is 0 Å². The van der Waals surface area contributed by atoms with E-state index in [9.17, 15) is 0 Å². The molecule has 0 unspecified atom stereocenters. The molecular weight excluding hydrogens is 483 g/mol. The lowest BCUT2D eigenvalue weighted by molar-refractivity contribution is 0.306. The zero-order chi connectivity index (χ0) is 20.6. The quantitative estimate of drug-likeness (QED) is 0.305. The molecule has 0 atom stereocenters. The van der Waals surface area contributed by atoms with Crippen LogP contribution in [0.1, 0.15) is 31.9 Å². The minimum Gasteiger partial charge on any atom is -0.487 e. The maximum Gasteiger partial charge on any atom is 0.139 e. The van der Waals surface area contributed by atoms with Crippen LogP contribution in [0.15, 0.2) is 65.1 Å². The van der Waals surface area contributed by atoms with E-state index in [0.717, 1.165) is 32.5 Å². The molecule has 3 nitrogen and oxygen atoms in total. The SMILES string of the molecule is CC(C)(C)c1ccc2nc(-c3ccc(Cl)c(OCc4ccccc4Br)c3)[nH]c2c1.Cl. The van der Waals surface area contributed by atoms with E-state index in [1.165, 1.54) is 5.56 Å². The smallest absolute Gasteiger partial charge is 0.139 e. The molecule has 4 aromatic rings. The van der Waals surface area contributed by atoms with E-state index in [0.29, 0.717) is 17.4 Å². The first-order valence-corrected chi connectivity index (χ1v) is 10.6. The Bertz CT molecular complexity index is 1180. The molecule has 0 aliphatic rings. The summed E-state index contributed by atoms with van der Waals surface area (Å²) in [5, 5.41) is 0.576. The lowest BCUT2D eigenvalue weighted by atomic mass is 9.87. The van der Waals surface area contributed by atoms with E-state index < -0.39 is 0 Å². The van der Waals surface area contributed by atoms with Crippen LogP contribution in [-0.4, -0.2) is 9.97 Å². The highest BCUT2D eigenvalue weighted by Crippen LogP contribution is 2.32. The van der Waals surface area contributed by atoms with Gasteiger partial charge in [-0.05, 0) is 47.4 Å². The normalized spacial score (nSPS) is 11.4. The molecule has 0 fully saturated rings. The Balaban J connectivity index is 0.00000256. The summed E-state index contributed by atoms with van der Waals surface area (Å²) in [6, 6.07) is 20.1. The van der Waals surface area contributed by atoms with Crippen LogP contribution in [0.3, 0.4) is 0 Å². The number of hydrogen-bond acceptors (Lipinski definition) is 2. The molecular formula is C24H23BrCl2N2O. The molecule has 156 valence electrons. The predicted octanol–water partition coefficient (Wildman–Crippen LogP) is 7.94. The van der Waals surface area contributed by atoms with Gasteiger partial charge in [-0.2, -0.15) is 0 Å². The lowest BCUT2D eigenvalue weighted by Gasteiger charge is -2.18. The highest BCUT2D eigenvalue weighted by Gasteiger charge is 2.16. The van der Waals surface area contributed by atoms with Crippen molar-refractivity contribution < 1.29 is 4.74 Å². The third kappa shape index (κ3) is 4.83. The van der Waals surface area contributed by atoms with Gasteiger partial charge in [0, 0.05) is 15.6 Å². The van der Waals surface area contributed by atoms with Gasteiger partial charge in [0.15, 0.2) is 0 Å². The Labute approximate surface area is 196 Å². The second-order valence-corrected chi connectivity index (χ2v) is 9.35. The minimum atomic E-state index is 0. The molecule has 0 radical (unpaired) electrons. The summed E-state index contributed by atoms with van der Waals surface area (Å²) in [5.41, 5.74) is 5.33. The molecule has 30 heavy (non-hydrogen) atoms. The van der Waals surface area contributed by atoms with E-state index in [2.05, 4.69) is 59.9 Å². The molecule has 6 heteroatoms. The number of rotatable bonds is 4. The zero-order valence-corrected chi connectivity index (χ0v) is 20.2. The molecule has 0 saturated heterocycles. The molecule has 0 aliphatic heterocycles. The number of halogens is 3. The number of H-pyrrole nitrogens is 1. The Kier molecular flexibility index (Phi) is 6.81. The van der Waals surface area contributed by atoms with Crippen LogP contribution in [0.2, 0.25) is 5.02 Å². The van der Waals surface area contributed by atoms with E-state index in [1.54, 1.807) is 0 Å². The molecule has 3 aromatic carbocycles. The second-order valence-electron chi connectivity index (χ2n) is 8.09. The first-order chi connectivity index (χ1) is 13.8. The van der Waals surface area contributed by atoms with Crippen molar-refractivity contribution in [1.29, 1.82) is 0 Å². The van der Waals surface area contributed by atoms with Crippen LogP contribution in [0.4, 0.5) is 0 Å². The molecule has 0 bridgehead atoms. The fraction of sp³-hybridized carbons (Fsp3) is 0.208. The summed E-state index contributed by atoms with van der Waals surface area (Å²) in [5.74, 6) is 1.43. The Morgan fingerprint density at radius 2 is 1.80 bits per heavy atom. The van der Waals surface area contributed by atoms with E-state index >= 15 is 0 Å². The number of aromatic amines is 1. The highest BCUT2D eigenvalue weighted by atomic mass is 79.9. The van der Waals surface area contributed by atoms with Crippen molar-refractivity contribution >= 4 is 51.0 Å². The fourth-order valence-corrected chi connectivity index (χ4v) is 3.72. The van der Waals surface area contributed by atoms with Gasteiger partial charge in [0.05, 0.1) is 16.1 Å². The van der Waals surface area contributed by atoms with Gasteiger partial charge in [0.25, 0.3) is 0 Å². The number of nitrogens with zero attached hydrogens (tertiary/aromatic N) is 1. The highest BCUT2D eigenvalue weighted by molar-refractivity contribution is 9.10. The van der Waals surface area contributed by atoms with Crippen molar-refractivity contribution in [2.24, 2.45) is 0 Å². The molecule has 0 spiro atoms. The molecule has 4 rings (SSSR count). The van der Waals surface area contributed by atoms with Crippen LogP contribution in [0, 0.1) is 0 Å². The van der Waals surface area contributed by atoms with Gasteiger partial charge in [-0.15, -0.1) is 12.4 Å². The molecule has 1 N–H and O–H groups in total. The van der Waals surface area contributed by atoms with Crippen LogP contribution in [0.25, 0.3) is 22.4 Å². The molecule has 1 heterocycles. The zero-order valence-electron chi connectivity index (χ0n) is 17.0. The van der Waals surface area contributed by atoms with Gasteiger partial charge in [0.1, 0.15) is 18.2 Å². The van der Waals surface area contributed by atoms with Crippen molar-refractivity contribution in [3.05, 3.63) is 81.3 Å². The Morgan fingerprint density at radius 3 is 2.53 bits per heavy atom. The van der Waals surface area contributed by atoms with Gasteiger partial charge in [-0.1, -0.05) is 72.6 Å². The first-order valence-electron chi connectivity index (χ1n) is 9.47. The molecule has 0 aliphatic carbocycles. The third-order valence-electron chi connectivity index (χ3n) is 4.89. The van der Waals surface area contributed by atoms with Crippen molar-refractivity contribution in [1.82, 2.24) is 9.97 Å². The second kappa shape index (κ2) is 9.01. The molecule has 0 amide bonds. The van der Waals surface area contributed by atoms with Gasteiger partial charge < -0.3 is 9.72 Å². The number of imidazole rings is 1. The number of nitrogens with one attached hydrogen (secondary N) is 1. The van der Waals surface area contributed by atoms with Crippen molar-refractivity contribution in [3.63, 3.8) is 0 Å². The van der Waals surface area contributed by atoms with Crippen molar-refractivity contribution in [2.75, 3.05) is 0 Å². The maximum atomic E-state index is 6.37. The molecule has 0 saturated carbocycles. The molecule has 1 aromatic heterocycles. The van der Waals surface area contributed by atoms with Crippen LogP contribution >= 0.6 is 39.9 Å². The number of benzene rings is 3. The third-order valence-corrected chi connectivity index (χ3v) is 5.98. The topological polar surface area (TPSA) is 37.9 Å². The number of fused-ring (bicyclic) bond motifs is 1. The summed E-state index contributed by atoms with van der Waals surface area (Å²) < 4.78 is 7.01. The Hall–Kier alpha value is -2.01. The van der Waals surface area contributed by atoms with E-state index in [-0.39, 0.29) is 17.8 Å². The van der Waals surface area contributed by atoms with Gasteiger partial charge in [0.2, 0.25) is 0 Å². The largest absolute Gasteiger partial charge is 0.487 e. The van der Waals surface area contributed by atoms with Gasteiger partial charge >= 0.3 is 0 Å². The van der Waals surface area contributed by atoms with Gasteiger partial charge in [-0.25, -0.2) is 4.98 Å². The van der Waals surface area contributed by atoms with Crippen LogP contribution in [0.5, 0.6) is 5.75 Å². The first kappa shape index (κ1) is 22.7. The summed E-state index contributed by atoms with van der Waals surface area (Å²) in [7, 11) is 0. The van der Waals surface area contributed by atoms with E-state index in [4.69, 9.17) is 21.3 Å². The van der Waals surface area contributed by atoms with Crippen LogP contribution < -0.4 is 4.74 Å². The maximum absolute atomic E-state index is 6.37. The predicted molar refractivity (Wildman–Crippen MR) is 131 cm³/mol. The number of hydrogen-bond donors (Lipinski definition) is 1. The lowest BCUT2D eigenvalue weighted by Crippen LogP contribution is -2.10. The van der Waals surface area contributed by atoms with Crippen molar-refractivity contribution in [3.8, 4) is 17.1 Å². The van der Waals surface area contributed by atoms with Crippen LogP contribution in [-0.2, 0) is 12.0 Å². The number of ether oxygens (including phenoxy) is 1. The standard InChI is InChI=1S/C24H22BrClN2O.ClH/c1-24(2,3)17-9-11-20-21(13-17)28-23(27-20)15-8-10-19(26)22(12-15)29-14-16-6-4-5-7-18(16)25;/h4-13H,14H2,1-3H3,(H,27,28);1H. The average Bonchev–Trinajstić information content (AvgIpc) is 3.11. The monoisotopic (exact) mass is 504 g/mol. The summed E-state index contributed by atoms with van der Waals surface area (Å²) >= 11 is 9.92. The van der Waals surface area contributed by atoms with E-state index in [1.807, 2.05) is 42.5 Å². The number of aromatic nitrogens is 2. The Morgan fingerprint density at radius 1 is 1.03 bits per heavy atom. The fourth-order valence-electron chi connectivity index (χ4n) is 3.15. The summed E-state index contributed by atoms with van der Waals surface area (Å²) in [4.78, 5) is 8.18.